The van der Waals surface area contributed by atoms with E-state index in [2.05, 4.69) is 10.3 Å². The fourth-order valence-corrected chi connectivity index (χ4v) is 3.05. The van der Waals surface area contributed by atoms with Crippen molar-refractivity contribution in [1.82, 2.24) is 9.88 Å². The standard InChI is InChI=1S/C20H18N4O2/c1-23(2)20(26)22-15-6-5-14-12-24(19(25)17(14)11-15)16-7-8-18-13(10-16)4-3-9-21-18/h3-11H,12H2,1-2H3,(H,22,26). The Balaban J connectivity index is 1.64. The summed E-state index contributed by atoms with van der Waals surface area (Å²) in [6.07, 6.45) is 1.75. The average molecular weight is 346 g/mol. The van der Waals surface area contributed by atoms with Gasteiger partial charge >= 0.3 is 6.03 Å². The van der Waals surface area contributed by atoms with Crippen molar-refractivity contribution in [1.29, 1.82) is 0 Å². The Kier molecular flexibility index (Phi) is 3.80. The molecule has 3 amide bonds. The zero-order chi connectivity index (χ0) is 18.3. The summed E-state index contributed by atoms with van der Waals surface area (Å²) in [7, 11) is 3.34. The van der Waals surface area contributed by atoms with Gasteiger partial charge < -0.3 is 15.1 Å². The number of nitrogens with zero attached hydrogens (tertiary/aromatic N) is 3. The van der Waals surface area contributed by atoms with Gasteiger partial charge in [-0.15, -0.1) is 0 Å². The molecule has 0 radical (unpaired) electrons. The molecular weight excluding hydrogens is 328 g/mol. The predicted molar refractivity (Wildman–Crippen MR) is 101 cm³/mol. The minimum absolute atomic E-state index is 0.0656. The molecule has 130 valence electrons. The van der Waals surface area contributed by atoms with Crippen molar-refractivity contribution in [2.24, 2.45) is 0 Å². The van der Waals surface area contributed by atoms with Crippen LogP contribution in [0.4, 0.5) is 16.2 Å². The number of nitrogens with one attached hydrogen (secondary N) is 1. The number of fused-ring (bicyclic) bond motifs is 2. The van der Waals surface area contributed by atoms with Crippen LogP contribution in [0.2, 0.25) is 0 Å². The lowest BCUT2D eigenvalue weighted by Gasteiger charge is -2.16. The second-order valence-electron chi connectivity index (χ2n) is 6.47. The summed E-state index contributed by atoms with van der Waals surface area (Å²) in [5.41, 5.74) is 3.91. The van der Waals surface area contributed by atoms with Crippen LogP contribution in [-0.4, -0.2) is 35.9 Å². The van der Waals surface area contributed by atoms with Crippen LogP contribution in [0.15, 0.2) is 54.7 Å². The molecule has 0 saturated heterocycles. The molecule has 3 aromatic rings. The van der Waals surface area contributed by atoms with Crippen LogP contribution >= 0.6 is 0 Å². The van der Waals surface area contributed by atoms with Gasteiger partial charge in [0.15, 0.2) is 0 Å². The summed E-state index contributed by atoms with van der Waals surface area (Å²) in [5, 5.41) is 3.77. The number of hydrogen-bond donors (Lipinski definition) is 1. The molecule has 1 aromatic heterocycles. The zero-order valence-corrected chi connectivity index (χ0v) is 14.6. The van der Waals surface area contributed by atoms with Crippen LogP contribution in [0.25, 0.3) is 10.9 Å². The number of rotatable bonds is 2. The van der Waals surface area contributed by atoms with E-state index < -0.39 is 0 Å². The number of aromatic nitrogens is 1. The SMILES string of the molecule is CN(C)C(=O)Nc1ccc2c(c1)C(=O)N(c1ccc3ncccc3c1)C2. The van der Waals surface area contributed by atoms with Gasteiger partial charge in [-0.05, 0) is 42.0 Å². The van der Waals surface area contributed by atoms with E-state index in [9.17, 15) is 9.59 Å². The van der Waals surface area contributed by atoms with Crippen LogP contribution in [-0.2, 0) is 6.54 Å². The molecule has 0 aliphatic carbocycles. The van der Waals surface area contributed by atoms with Gasteiger partial charge in [-0.1, -0.05) is 12.1 Å². The molecule has 0 unspecified atom stereocenters. The zero-order valence-electron chi connectivity index (χ0n) is 14.6. The molecule has 0 fully saturated rings. The minimum atomic E-state index is -0.228. The van der Waals surface area contributed by atoms with Crippen LogP contribution in [0.3, 0.4) is 0 Å². The van der Waals surface area contributed by atoms with E-state index in [4.69, 9.17) is 0 Å². The number of carbonyl (C=O) groups is 2. The number of urea groups is 1. The number of anilines is 2. The van der Waals surface area contributed by atoms with Gasteiger partial charge in [0, 0.05) is 42.6 Å². The van der Waals surface area contributed by atoms with Gasteiger partial charge in [-0.25, -0.2) is 4.79 Å². The highest BCUT2D eigenvalue weighted by Gasteiger charge is 2.29. The lowest BCUT2D eigenvalue weighted by molar-refractivity contribution is 0.0996. The first-order valence-corrected chi connectivity index (χ1v) is 8.31. The summed E-state index contributed by atoms with van der Waals surface area (Å²) in [5.74, 6) is -0.0656. The molecule has 1 N–H and O–H groups in total. The van der Waals surface area contributed by atoms with Gasteiger partial charge in [0.2, 0.25) is 0 Å². The van der Waals surface area contributed by atoms with Crippen molar-refractivity contribution >= 4 is 34.2 Å². The Bertz CT molecular complexity index is 1030. The molecule has 6 heteroatoms. The third-order valence-corrected chi connectivity index (χ3v) is 4.47. The molecule has 4 rings (SSSR count). The monoisotopic (exact) mass is 346 g/mol. The topological polar surface area (TPSA) is 65.5 Å². The second kappa shape index (κ2) is 6.15. The number of carbonyl (C=O) groups excluding carboxylic acids is 2. The van der Waals surface area contributed by atoms with Crippen molar-refractivity contribution in [3.63, 3.8) is 0 Å². The van der Waals surface area contributed by atoms with Crippen molar-refractivity contribution in [2.75, 3.05) is 24.3 Å². The van der Waals surface area contributed by atoms with Crippen molar-refractivity contribution in [3.8, 4) is 0 Å². The van der Waals surface area contributed by atoms with E-state index in [1.54, 1.807) is 31.3 Å². The van der Waals surface area contributed by atoms with Crippen LogP contribution in [0, 0.1) is 0 Å². The normalized spacial score (nSPS) is 13.0. The smallest absolute Gasteiger partial charge is 0.321 e. The summed E-state index contributed by atoms with van der Waals surface area (Å²) < 4.78 is 0. The summed E-state index contributed by atoms with van der Waals surface area (Å²) in [6, 6.07) is 14.9. The third-order valence-electron chi connectivity index (χ3n) is 4.47. The highest BCUT2D eigenvalue weighted by molar-refractivity contribution is 6.11. The largest absolute Gasteiger partial charge is 0.331 e. The molecule has 2 aromatic carbocycles. The van der Waals surface area contributed by atoms with Crippen LogP contribution in [0.5, 0.6) is 0 Å². The lowest BCUT2D eigenvalue weighted by atomic mass is 10.1. The number of pyridine rings is 1. The first-order valence-electron chi connectivity index (χ1n) is 8.31. The van der Waals surface area contributed by atoms with Gasteiger partial charge in [-0.2, -0.15) is 0 Å². The quantitative estimate of drug-likeness (QED) is 0.772. The molecule has 1 aliphatic rings. The van der Waals surface area contributed by atoms with Crippen LogP contribution in [0.1, 0.15) is 15.9 Å². The van der Waals surface area contributed by atoms with Gasteiger partial charge in [0.25, 0.3) is 5.91 Å². The summed E-state index contributed by atoms with van der Waals surface area (Å²) >= 11 is 0. The molecule has 26 heavy (non-hydrogen) atoms. The fourth-order valence-electron chi connectivity index (χ4n) is 3.05. The Labute approximate surface area is 151 Å². The van der Waals surface area contributed by atoms with Gasteiger partial charge in [0.05, 0.1) is 12.1 Å². The molecule has 2 heterocycles. The maximum Gasteiger partial charge on any atom is 0.321 e. The van der Waals surface area contributed by atoms with E-state index >= 15 is 0 Å². The lowest BCUT2D eigenvalue weighted by Crippen LogP contribution is -2.27. The molecule has 0 spiro atoms. The first-order chi connectivity index (χ1) is 12.5. The van der Waals surface area contributed by atoms with E-state index in [1.165, 1.54) is 4.90 Å². The van der Waals surface area contributed by atoms with Crippen molar-refractivity contribution in [2.45, 2.75) is 6.54 Å². The Morgan fingerprint density at radius 2 is 2.00 bits per heavy atom. The maximum atomic E-state index is 12.9. The van der Waals surface area contributed by atoms with Gasteiger partial charge in [-0.3, -0.25) is 9.78 Å². The molecule has 0 saturated carbocycles. The molecule has 0 bridgehead atoms. The maximum absolute atomic E-state index is 12.9. The van der Waals surface area contributed by atoms with E-state index in [0.717, 1.165) is 22.2 Å². The van der Waals surface area contributed by atoms with Crippen molar-refractivity contribution < 1.29 is 9.59 Å². The summed E-state index contributed by atoms with van der Waals surface area (Å²) in [4.78, 5) is 32.2. The Morgan fingerprint density at radius 3 is 2.81 bits per heavy atom. The second-order valence-corrected chi connectivity index (χ2v) is 6.47. The highest BCUT2D eigenvalue weighted by atomic mass is 16.2. The van der Waals surface area contributed by atoms with Crippen molar-refractivity contribution in [3.05, 3.63) is 65.9 Å². The average Bonchev–Trinajstić information content (AvgIpc) is 2.97. The molecular formula is C20H18N4O2. The van der Waals surface area contributed by atoms with E-state index in [0.29, 0.717) is 17.8 Å². The van der Waals surface area contributed by atoms with Gasteiger partial charge in [0.1, 0.15) is 0 Å². The first kappa shape index (κ1) is 16.1. The minimum Gasteiger partial charge on any atom is -0.331 e. The molecule has 6 nitrogen and oxygen atoms in total. The fraction of sp³-hybridized carbons (Fsp3) is 0.150. The summed E-state index contributed by atoms with van der Waals surface area (Å²) in [6.45, 7) is 0.516. The molecule has 0 atom stereocenters. The number of benzene rings is 2. The van der Waals surface area contributed by atoms with E-state index in [-0.39, 0.29) is 11.9 Å². The number of hydrogen-bond acceptors (Lipinski definition) is 3. The molecule has 1 aliphatic heterocycles. The van der Waals surface area contributed by atoms with E-state index in [1.807, 2.05) is 42.5 Å². The number of amides is 3. The Hall–Kier alpha value is -3.41. The third kappa shape index (κ3) is 2.75. The highest BCUT2D eigenvalue weighted by Crippen LogP contribution is 2.31. The Morgan fingerprint density at radius 1 is 1.15 bits per heavy atom. The van der Waals surface area contributed by atoms with Crippen LogP contribution < -0.4 is 10.2 Å². The predicted octanol–water partition coefficient (Wildman–Crippen LogP) is 3.49.